The molecule has 2 rings (SSSR count). The molecule has 0 saturated carbocycles. The molecule has 0 atom stereocenters. The maximum Gasteiger partial charge on any atom is 0.148 e. The molecule has 0 aliphatic rings. The quantitative estimate of drug-likeness (QED) is 0.828. The molecule has 0 aliphatic heterocycles. The molecule has 6 heteroatoms. The lowest BCUT2D eigenvalue weighted by Crippen LogP contribution is -2.03. The summed E-state index contributed by atoms with van der Waals surface area (Å²) in [6.45, 7) is 3.90. The van der Waals surface area contributed by atoms with E-state index in [1.165, 1.54) is 18.2 Å². The van der Waals surface area contributed by atoms with Crippen LogP contribution < -0.4 is 5.32 Å². The number of nitrogens with one attached hydrogen (secondary N) is 1. The predicted octanol–water partition coefficient (Wildman–Crippen LogP) is 4.79. The third-order valence-electron chi connectivity index (χ3n) is 2.44. The van der Waals surface area contributed by atoms with Crippen LogP contribution in [0.15, 0.2) is 24.3 Å². The zero-order valence-electron chi connectivity index (χ0n) is 10.4. The summed E-state index contributed by atoms with van der Waals surface area (Å²) < 4.78 is 13.7. The molecule has 0 amide bonds. The van der Waals surface area contributed by atoms with Crippen molar-refractivity contribution < 1.29 is 4.39 Å². The summed E-state index contributed by atoms with van der Waals surface area (Å²) in [6.07, 6.45) is 0. The van der Waals surface area contributed by atoms with Gasteiger partial charge in [0.2, 0.25) is 0 Å². The van der Waals surface area contributed by atoms with E-state index in [9.17, 15) is 4.39 Å². The molecule has 2 aromatic rings. The van der Waals surface area contributed by atoms with Gasteiger partial charge in [-0.3, -0.25) is 0 Å². The molecule has 1 aromatic heterocycles. The number of anilines is 2. The zero-order valence-corrected chi connectivity index (χ0v) is 11.9. The number of rotatable bonds is 3. The second-order valence-electron chi connectivity index (χ2n) is 4.31. The van der Waals surface area contributed by atoms with E-state index in [4.69, 9.17) is 23.2 Å². The Balaban J connectivity index is 2.38. The minimum absolute atomic E-state index is 0.121. The highest BCUT2D eigenvalue weighted by Crippen LogP contribution is 2.28. The molecule has 0 spiro atoms. The van der Waals surface area contributed by atoms with E-state index >= 15 is 0 Å². The number of hydrogen-bond acceptors (Lipinski definition) is 3. The highest BCUT2D eigenvalue weighted by atomic mass is 35.5. The monoisotopic (exact) mass is 299 g/mol. The van der Waals surface area contributed by atoms with Crippen molar-refractivity contribution in [2.75, 3.05) is 5.32 Å². The van der Waals surface area contributed by atoms with Crippen LogP contribution in [0.3, 0.4) is 0 Å². The van der Waals surface area contributed by atoms with Gasteiger partial charge in [0.15, 0.2) is 0 Å². The number of benzene rings is 1. The Labute approximate surface area is 120 Å². The fraction of sp³-hybridized carbons (Fsp3) is 0.231. The summed E-state index contributed by atoms with van der Waals surface area (Å²) in [5.74, 6) is 0.668. The normalized spacial score (nSPS) is 10.8. The van der Waals surface area contributed by atoms with Gasteiger partial charge in [-0.15, -0.1) is 0 Å². The largest absolute Gasteiger partial charge is 0.336 e. The topological polar surface area (TPSA) is 37.8 Å². The van der Waals surface area contributed by atoms with E-state index in [1.807, 2.05) is 13.8 Å². The zero-order chi connectivity index (χ0) is 14.0. The van der Waals surface area contributed by atoms with Gasteiger partial charge in [-0.25, -0.2) is 14.4 Å². The van der Waals surface area contributed by atoms with Gasteiger partial charge in [0, 0.05) is 12.0 Å². The molecular formula is C13H12Cl2FN3. The number of para-hydroxylation sites is 1. The molecule has 100 valence electrons. The Bertz CT molecular complexity index is 582. The lowest BCUT2D eigenvalue weighted by Gasteiger charge is -2.11. The summed E-state index contributed by atoms with van der Waals surface area (Å²) in [5, 5.41) is 3.41. The van der Waals surface area contributed by atoms with Crippen LogP contribution in [-0.4, -0.2) is 9.97 Å². The highest BCUT2D eigenvalue weighted by molar-refractivity contribution is 6.33. The van der Waals surface area contributed by atoms with Crippen molar-refractivity contribution in [3.8, 4) is 0 Å². The van der Waals surface area contributed by atoms with Crippen molar-refractivity contribution in [3.63, 3.8) is 0 Å². The van der Waals surface area contributed by atoms with Crippen LogP contribution in [0.5, 0.6) is 0 Å². The van der Waals surface area contributed by atoms with Crippen LogP contribution in [0.4, 0.5) is 15.9 Å². The van der Waals surface area contributed by atoms with Crippen molar-refractivity contribution in [2.45, 2.75) is 19.8 Å². The van der Waals surface area contributed by atoms with Gasteiger partial charge in [0.1, 0.15) is 22.6 Å². The third kappa shape index (κ3) is 3.33. The standard InChI is InChI=1S/C13H12Cl2FN3/c1-7(2)13-17-10(15)6-11(19-13)18-12-8(14)4-3-5-9(12)16/h3-7H,1-2H3,(H,17,18,19). The van der Waals surface area contributed by atoms with Crippen LogP contribution in [0, 0.1) is 5.82 Å². The molecule has 0 unspecified atom stereocenters. The molecule has 1 aromatic carbocycles. The van der Waals surface area contributed by atoms with Crippen LogP contribution >= 0.6 is 23.2 Å². The summed E-state index contributed by atoms with van der Waals surface area (Å²) in [4.78, 5) is 8.39. The number of hydrogen-bond donors (Lipinski definition) is 1. The second kappa shape index (κ2) is 5.72. The lowest BCUT2D eigenvalue weighted by atomic mass is 10.2. The molecule has 1 N–H and O–H groups in total. The fourth-order valence-corrected chi connectivity index (χ4v) is 1.90. The molecule has 19 heavy (non-hydrogen) atoms. The Morgan fingerprint density at radius 2 is 1.95 bits per heavy atom. The Hall–Kier alpha value is -1.39. The number of aromatic nitrogens is 2. The second-order valence-corrected chi connectivity index (χ2v) is 5.10. The van der Waals surface area contributed by atoms with E-state index in [0.717, 1.165) is 0 Å². The maximum atomic E-state index is 13.7. The predicted molar refractivity (Wildman–Crippen MR) is 75.8 cm³/mol. The Morgan fingerprint density at radius 3 is 2.58 bits per heavy atom. The van der Waals surface area contributed by atoms with E-state index < -0.39 is 5.82 Å². The first-order chi connectivity index (χ1) is 8.97. The van der Waals surface area contributed by atoms with Gasteiger partial charge in [-0.05, 0) is 12.1 Å². The Morgan fingerprint density at radius 1 is 1.21 bits per heavy atom. The van der Waals surface area contributed by atoms with Crippen molar-refractivity contribution in [2.24, 2.45) is 0 Å². The van der Waals surface area contributed by atoms with E-state index in [0.29, 0.717) is 16.8 Å². The average molecular weight is 300 g/mol. The van der Waals surface area contributed by atoms with Gasteiger partial charge in [-0.1, -0.05) is 43.1 Å². The minimum atomic E-state index is -0.451. The smallest absolute Gasteiger partial charge is 0.148 e. The summed E-state index contributed by atoms with van der Waals surface area (Å²) >= 11 is 11.9. The van der Waals surface area contributed by atoms with Crippen LogP contribution in [-0.2, 0) is 0 Å². The molecular weight excluding hydrogens is 288 g/mol. The maximum absolute atomic E-state index is 13.7. The minimum Gasteiger partial charge on any atom is -0.336 e. The van der Waals surface area contributed by atoms with Gasteiger partial charge in [-0.2, -0.15) is 0 Å². The first-order valence-corrected chi connectivity index (χ1v) is 6.48. The number of nitrogens with zero attached hydrogens (tertiary/aromatic N) is 2. The summed E-state index contributed by atoms with van der Waals surface area (Å²) in [5.41, 5.74) is 0.175. The third-order valence-corrected chi connectivity index (χ3v) is 2.95. The molecule has 0 saturated heterocycles. The van der Waals surface area contributed by atoms with E-state index in [1.54, 1.807) is 6.07 Å². The molecule has 0 radical (unpaired) electrons. The van der Waals surface area contributed by atoms with Crippen molar-refractivity contribution >= 4 is 34.7 Å². The molecule has 0 aliphatic carbocycles. The Kier molecular flexibility index (Phi) is 4.22. The first-order valence-electron chi connectivity index (χ1n) is 5.73. The molecule has 1 heterocycles. The average Bonchev–Trinajstić information content (AvgIpc) is 2.33. The van der Waals surface area contributed by atoms with Crippen LogP contribution in [0.25, 0.3) is 0 Å². The van der Waals surface area contributed by atoms with E-state index in [-0.39, 0.29) is 16.6 Å². The van der Waals surface area contributed by atoms with Crippen LogP contribution in [0.2, 0.25) is 10.2 Å². The molecule has 0 fully saturated rings. The van der Waals surface area contributed by atoms with Crippen LogP contribution in [0.1, 0.15) is 25.6 Å². The first kappa shape index (κ1) is 14.0. The number of halogens is 3. The van der Waals surface area contributed by atoms with Gasteiger partial charge in [0.25, 0.3) is 0 Å². The van der Waals surface area contributed by atoms with Crippen molar-refractivity contribution in [3.05, 3.63) is 46.1 Å². The highest BCUT2D eigenvalue weighted by Gasteiger charge is 2.11. The van der Waals surface area contributed by atoms with Crippen molar-refractivity contribution in [1.82, 2.24) is 9.97 Å². The van der Waals surface area contributed by atoms with Gasteiger partial charge < -0.3 is 5.32 Å². The van der Waals surface area contributed by atoms with Crippen molar-refractivity contribution in [1.29, 1.82) is 0 Å². The summed E-state index contributed by atoms with van der Waals surface area (Å²) in [6, 6.07) is 5.98. The van der Waals surface area contributed by atoms with Gasteiger partial charge >= 0.3 is 0 Å². The fourth-order valence-electron chi connectivity index (χ4n) is 1.50. The SMILES string of the molecule is CC(C)c1nc(Cl)cc(Nc2c(F)cccc2Cl)n1. The lowest BCUT2D eigenvalue weighted by molar-refractivity contribution is 0.632. The van der Waals surface area contributed by atoms with Gasteiger partial charge in [0.05, 0.1) is 10.7 Å². The molecule has 0 bridgehead atoms. The molecule has 3 nitrogen and oxygen atoms in total. The van der Waals surface area contributed by atoms with E-state index in [2.05, 4.69) is 15.3 Å². The summed E-state index contributed by atoms with van der Waals surface area (Å²) in [7, 11) is 0.